The fraction of sp³-hybridized carbons (Fsp3) is 0.778. The largest absolute Gasteiger partial charge is 0.384 e. The number of aliphatic hydroxyl groups excluding tert-OH is 1. The number of hydrogen-bond acceptors (Lipinski definition) is 2. The Morgan fingerprint density at radius 3 is 2.36 bits per heavy atom. The van der Waals surface area contributed by atoms with Crippen LogP contribution in [0.15, 0.2) is 0 Å². The van der Waals surface area contributed by atoms with Crippen molar-refractivity contribution >= 4 is 0 Å². The molecule has 0 unspecified atom stereocenters. The second kappa shape index (κ2) is 5.17. The van der Waals surface area contributed by atoms with Gasteiger partial charge in [-0.1, -0.05) is 11.8 Å². The second-order valence-corrected chi connectivity index (χ2v) is 3.22. The Kier molecular flexibility index (Phi) is 4.93. The molecule has 64 valence electrons. The molecular formula is C9H16O2. The molecule has 1 N–H and O–H groups in total. The van der Waals surface area contributed by atoms with Crippen LogP contribution in [0.4, 0.5) is 0 Å². The zero-order valence-corrected chi connectivity index (χ0v) is 7.48. The Morgan fingerprint density at radius 1 is 1.27 bits per heavy atom. The van der Waals surface area contributed by atoms with E-state index in [1.54, 1.807) is 0 Å². The standard InChI is InChI=1S/C9H16O2/c1-9(2,3)11-8-6-4-5-7-10/h10H,6-8H2,1-3H3. The summed E-state index contributed by atoms with van der Waals surface area (Å²) >= 11 is 0. The van der Waals surface area contributed by atoms with Crippen LogP contribution < -0.4 is 0 Å². The quantitative estimate of drug-likeness (QED) is 0.480. The van der Waals surface area contributed by atoms with Crippen molar-refractivity contribution in [1.82, 2.24) is 0 Å². The molecule has 0 saturated heterocycles. The SMILES string of the molecule is CC(C)(C)OCCC#CCO. The second-order valence-electron chi connectivity index (χ2n) is 3.22. The topological polar surface area (TPSA) is 29.5 Å². The Hall–Kier alpha value is -0.520. The fourth-order valence-corrected chi connectivity index (χ4v) is 0.553. The van der Waals surface area contributed by atoms with Crippen LogP contribution in [-0.4, -0.2) is 23.9 Å². The molecule has 2 nitrogen and oxygen atoms in total. The molecule has 2 heteroatoms. The van der Waals surface area contributed by atoms with E-state index in [-0.39, 0.29) is 12.2 Å². The van der Waals surface area contributed by atoms with Crippen molar-refractivity contribution in [2.75, 3.05) is 13.2 Å². The lowest BCUT2D eigenvalue weighted by Crippen LogP contribution is -2.19. The van der Waals surface area contributed by atoms with Crippen molar-refractivity contribution in [2.45, 2.75) is 32.8 Å². The van der Waals surface area contributed by atoms with Crippen LogP contribution in [0.2, 0.25) is 0 Å². The summed E-state index contributed by atoms with van der Waals surface area (Å²) in [7, 11) is 0. The molecule has 0 atom stereocenters. The van der Waals surface area contributed by atoms with Gasteiger partial charge in [-0.3, -0.25) is 0 Å². The molecule has 0 aromatic rings. The number of hydrogen-bond donors (Lipinski definition) is 1. The van der Waals surface area contributed by atoms with Gasteiger partial charge in [-0.15, -0.1) is 0 Å². The fourth-order valence-electron chi connectivity index (χ4n) is 0.553. The molecule has 0 spiro atoms. The normalized spacial score (nSPS) is 10.5. The minimum atomic E-state index is -0.0824. The lowest BCUT2D eigenvalue weighted by atomic mass is 10.2. The van der Waals surface area contributed by atoms with Gasteiger partial charge in [0.1, 0.15) is 6.61 Å². The van der Waals surface area contributed by atoms with Crippen LogP contribution in [0.5, 0.6) is 0 Å². The van der Waals surface area contributed by atoms with E-state index in [1.807, 2.05) is 20.8 Å². The zero-order chi connectivity index (χ0) is 8.74. The van der Waals surface area contributed by atoms with Crippen LogP contribution in [-0.2, 0) is 4.74 Å². The Bertz CT molecular complexity index is 145. The van der Waals surface area contributed by atoms with E-state index >= 15 is 0 Å². The predicted octanol–water partition coefficient (Wildman–Crippen LogP) is 1.19. The van der Waals surface area contributed by atoms with Crippen molar-refractivity contribution in [3.05, 3.63) is 0 Å². The Morgan fingerprint density at radius 2 is 1.91 bits per heavy atom. The molecule has 0 aliphatic rings. The molecule has 0 heterocycles. The lowest BCUT2D eigenvalue weighted by Gasteiger charge is -2.18. The van der Waals surface area contributed by atoms with Crippen LogP contribution in [0.25, 0.3) is 0 Å². The van der Waals surface area contributed by atoms with Gasteiger partial charge in [0.2, 0.25) is 0 Å². The van der Waals surface area contributed by atoms with Gasteiger partial charge in [-0.25, -0.2) is 0 Å². The molecule has 0 bridgehead atoms. The van der Waals surface area contributed by atoms with Crippen LogP contribution >= 0.6 is 0 Å². The van der Waals surface area contributed by atoms with E-state index in [2.05, 4.69) is 11.8 Å². The maximum Gasteiger partial charge on any atom is 0.104 e. The first kappa shape index (κ1) is 10.5. The van der Waals surface area contributed by atoms with E-state index in [4.69, 9.17) is 9.84 Å². The third-order valence-electron chi connectivity index (χ3n) is 0.966. The first-order chi connectivity index (χ1) is 5.06. The minimum absolute atomic E-state index is 0.0600. The summed E-state index contributed by atoms with van der Waals surface area (Å²) in [5.41, 5.74) is -0.0824. The van der Waals surface area contributed by atoms with Gasteiger partial charge >= 0.3 is 0 Å². The van der Waals surface area contributed by atoms with E-state index in [1.165, 1.54) is 0 Å². The van der Waals surface area contributed by atoms with Gasteiger partial charge in [0, 0.05) is 6.42 Å². The van der Waals surface area contributed by atoms with Gasteiger partial charge in [0.15, 0.2) is 0 Å². The lowest BCUT2D eigenvalue weighted by molar-refractivity contribution is 0.000590. The van der Waals surface area contributed by atoms with Crippen molar-refractivity contribution in [3.63, 3.8) is 0 Å². The van der Waals surface area contributed by atoms with E-state index < -0.39 is 0 Å². The van der Waals surface area contributed by atoms with E-state index in [0.717, 1.165) is 0 Å². The summed E-state index contributed by atoms with van der Waals surface area (Å²) in [6.07, 6.45) is 0.692. The highest BCUT2D eigenvalue weighted by Gasteiger charge is 2.07. The average molecular weight is 156 g/mol. The summed E-state index contributed by atoms with van der Waals surface area (Å²) in [4.78, 5) is 0. The summed E-state index contributed by atoms with van der Waals surface area (Å²) in [5.74, 6) is 5.34. The summed E-state index contributed by atoms with van der Waals surface area (Å²) in [6.45, 7) is 6.59. The van der Waals surface area contributed by atoms with Crippen molar-refractivity contribution in [1.29, 1.82) is 0 Å². The maximum absolute atomic E-state index is 8.31. The molecule has 0 aliphatic carbocycles. The molecule has 0 aromatic carbocycles. The van der Waals surface area contributed by atoms with Gasteiger partial charge in [0.25, 0.3) is 0 Å². The zero-order valence-electron chi connectivity index (χ0n) is 7.48. The van der Waals surface area contributed by atoms with E-state index in [0.29, 0.717) is 13.0 Å². The van der Waals surface area contributed by atoms with Crippen molar-refractivity contribution < 1.29 is 9.84 Å². The smallest absolute Gasteiger partial charge is 0.104 e. The molecule has 0 saturated carbocycles. The number of rotatable bonds is 2. The summed E-state index contributed by atoms with van der Waals surface area (Å²) in [6, 6.07) is 0. The number of ether oxygens (including phenoxy) is 1. The highest BCUT2D eigenvalue weighted by molar-refractivity contribution is 4.98. The van der Waals surface area contributed by atoms with Gasteiger partial charge in [-0.05, 0) is 20.8 Å². The number of aliphatic hydroxyl groups is 1. The molecule has 0 aliphatic heterocycles. The predicted molar refractivity (Wildman–Crippen MR) is 45.2 cm³/mol. The minimum Gasteiger partial charge on any atom is -0.384 e. The molecule has 0 rings (SSSR count). The molecular weight excluding hydrogens is 140 g/mol. The first-order valence-corrected chi connectivity index (χ1v) is 3.77. The molecule has 0 radical (unpaired) electrons. The molecule has 0 amide bonds. The monoisotopic (exact) mass is 156 g/mol. The van der Waals surface area contributed by atoms with Crippen molar-refractivity contribution in [2.24, 2.45) is 0 Å². The van der Waals surface area contributed by atoms with Gasteiger partial charge in [0.05, 0.1) is 12.2 Å². The molecule has 0 aromatic heterocycles. The highest BCUT2D eigenvalue weighted by atomic mass is 16.5. The average Bonchev–Trinajstić information content (AvgIpc) is 1.85. The molecule has 0 fully saturated rings. The summed E-state index contributed by atoms with van der Waals surface area (Å²) in [5, 5.41) is 8.31. The Labute approximate surface area is 68.6 Å². The van der Waals surface area contributed by atoms with Gasteiger partial charge in [-0.2, -0.15) is 0 Å². The third-order valence-corrected chi connectivity index (χ3v) is 0.966. The molecule has 11 heavy (non-hydrogen) atoms. The van der Waals surface area contributed by atoms with E-state index in [9.17, 15) is 0 Å². The van der Waals surface area contributed by atoms with Crippen LogP contribution in [0, 0.1) is 11.8 Å². The first-order valence-electron chi connectivity index (χ1n) is 3.77. The maximum atomic E-state index is 8.31. The summed E-state index contributed by atoms with van der Waals surface area (Å²) < 4.78 is 5.39. The highest BCUT2D eigenvalue weighted by Crippen LogP contribution is 2.06. The Balaban J connectivity index is 3.28. The van der Waals surface area contributed by atoms with Crippen LogP contribution in [0.3, 0.4) is 0 Å². The third kappa shape index (κ3) is 9.48. The van der Waals surface area contributed by atoms with Crippen LogP contribution in [0.1, 0.15) is 27.2 Å². The van der Waals surface area contributed by atoms with Gasteiger partial charge < -0.3 is 9.84 Å². The van der Waals surface area contributed by atoms with Crippen molar-refractivity contribution in [3.8, 4) is 11.8 Å².